The van der Waals surface area contributed by atoms with Crippen molar-refractivity contribution in [1.29, 1.82) is 0 Å². The van der Waals surface area contributed by atoms with Gasteiger partial charge >= 0.3 is 0 Å². The van der Waals surface area contributed by atoms with Crippen LogP contribution in [-0.4, -0.2) is 11.4 Å². The van der Waals surface area contributed by atoms with Crippen LogP contribution < -0.4 is 5.73 Å². The zero-order valence-corrected chi connectivity index (χ0v) is 11.8. The third kappa shape index (κ3) is 4.11. The first-order valence-electron chi connectivity index (χ1n) is 6.79. The lowest BCUT2D eigenvalue weighted by Gasteiger charge is -2.20. The molecule has 0 bridgehead atoms. The highest BCUT2D eigenvalue weighted by molar-refractivity contribution is 5.39. The van der Waals surface area contributed by atoms with Crippen molar-refractivity contribution in [2.45, 2.75) is 26.9 Å². The van der Waals surface area contributed by atoms with Gasteiger partial charge < -0.3 is 5.73 Å². The Morgan fingerprint density at radius 1 is 0.842 bits per heavy atom. The zero-order chi connectivity index (χ0) is 13.7. The summed E-state index contributed by atoms with van der Waals surface area (Å²) in [5.41, 5.74) is 10.5. The molecule has 2 aromatic rings. The number of aryl methyl sites for hydroxylation is 1. The molecule has 2 aromatic carbocycles. The Morgan fingerprint density at radius 2 is 1.32 bits per heavy atom. The summed E-state index contributed by atoms with van der Waals surface area (Å²) < 4.78 is 0. The summed E-state index contributed by atoms with van der Waals surface area (Å²) in [7, 11) is 0. The van der Waals surface area contributed by atoms with Crippen LogP contribution in [0.2, 0.25) is 0 Å². The van der Waals surface area contributed by atoms with Gasteiger partial charge in [-0.15, -0.1) is 0 Å². The van der Waals surface area contributed by atoms with Crippen molar-refractivity contribution in [2.24, 2.45) is 0 Å². The van der Waals surface area contributed by atoms with Gasteiger partial charge in [0.1, 0.15) is 0 Å². The predicted molar refractivity (Wildman–Crippen MR) is 81.8 cm³/mol. The van der Waals surface area contributed by atoms with E-state index in [0.717, 1.165) is 25.3 Å². The van der Waals surface area contributed by atoms with Crippen molar-refractivity contribution in [3.8, 4) is 0 Å². The van der Waals surface area contributed by atoms with E-state index in [2.05, 4.69) is 55.1 Å². The van der Waals surface area contributed by atoms with E-state index < -0.39 is 0 Å². The van der Waals surface area contributed by atoms with E-state index >= 15 is 0 Å². The molecule has 0 unspecified atom stereocenters. The van der Waals surface area contributed by atoms with Gasteiger partial charge in [0.15, 0.2) is 0 Å². The van der Waals surface area contributed by atoms with Gasteiger partial charge in [0.25, 0.3) is 0 Å². The van der Waals surface area contributed by atoms with Gasteiger partial charge in [0, 0.05) is 18.8 Å². The number of hydrogen-bond donors (Lipinski definition) is 1. The molecule has 0 aliphatic heterocycles. The first-order chi connectivity index (χ1) is 9.17. The normalized spacial score (nSPS) is 10.9. The van der Waals surface area contributed by atoms with Crippen LogP contribution in [0.15, 0.2) is 48.5 Å². The molecule has 0 heterocycles. The van der Waals surface area contributed by atoms with E-state index in [4.69, 9.17) is 5.73 Å². The lowest BCUT2D eigenvalue weighted by atomic mass is 10.1. The Balaban J connectivity index is 2.00. The summed E-state index contributed by atoms with van der Waals surface area (Å²) in [5.74, 6) is 0. The van der Waals surface area contributed by atoms with Crippen LogP contribution in [0.4, 0.5) is 5.69 Å². The number of hydrogen-bond acceptors (Lipinski definition) is 2. The maximum atomic E-state index is 5.71. The van der Waals surface area contributed by atoms with E-state index in [9.17, 15) is 0 Å². The molecule has 0 saturated heterocycles. The highest BCUT2D eigenvalue weighted by atomic mass is 15.1. The Labute approximate surface area is 115 Å². The molecule has 0 amide bonds. The summed E-state index contributed by atoms with van der Waals surface area (Å²) >= 11 is 0. The van der Waals surface area contributed by atoms with E-state index in [1.54, 1.807) is 0 Å². The minimum Gasteiger partial charge on any atom is -0.399 e. The molecular formula is C17H22N2. The molecule has 0 radical (unpaired) electrons. The van der Waals surface area contributed by atoms with Crippen LogP contribution in [0.1, 0.15) is 23.6 Å². The summed E-state index contributed by atoms with van der Waals surface area (Å²) in [6, 6.07) is 16.9. The monoisotopic (exact) mass is 254 g/mol. The molecule has 0 aliphatic rings. The van der Waals surface area contributed by atoms with Crippen molar-refractivity contribution >= 4 is 5.69 Å². The minimum absolute atomic E-state index is 0.824. The van der Waals surface area contributed by atoms with Crippen LogP contribution in [0, 0.1) is 6.92 Å². The zero-order valence-electron chi connectivity index (χ0n) is 11.8. The summed E-state index contributed by atoms with van der Waals surface area (Å²) in [4.78, 5) is 2.43. The molecule has 2 rings (SSSR count). The first-order valence-corrected chi connectivity index (χ1v) is 6.79. The molecular weight excluding hydrogens is 232 g/mol. The quantitative estimate of drug-likeness (QED) is 0.826. The molecule has 0 fully saturated rings. The Hall–Kier alpha value is -1.80. The lowest BCUT2D eigenvalue weighted by molar-refractivity contribution is 0.271. The number of nitrogen functional groups attached to an aromatic ring is 1. The summed E-state index contributed by atoms with van der Waals surface area (Å²) in [6.45, 7) is 7.31. The molecule has 0 atom stereocenters. The molecule has 2 N–H and O–H groups in total. The van der Waals surface area contributed by atoms with Gasteiger partial charge in [-0.3, -0.25) is 4.90 Å². The summed E-state index contributed by atoms with van der Waals surface area (Å²) in [5, 5.41) is 0. The van der Waals surface area contributed by atoms with Crippen molar-refractivity contribution in [2.75, 3.05) is 12.3 Å². The summed E-state index contributed by atoms with van der Waals surface area (Å²) in [6.07, 6.45) is 0. The fourth-order valence-electron chi connectivity index (χ4n) is 2.11. The second-order valence-corrected chi connectivity index (χ2v) is 5.03. The maximum Gasteiger partial charge on any atom is 0.0314 e. The predicted octanol–water partition coefficient (Wildman–Crippen LogP) is 3.60. The lowest BCUT2D eigenvalue weighted by Crippen LogP contribution is -2.22. The average molecular weight is 254 g/mol. The second kappa shape index (κ2) is 6.39. The average Bonchev–Trinajstić information content (AvgIpc) is 2.43. The minimum atomic E-state index is 0.824. The van der Waals surface area contributed by atoms with E-state index in [0.29, 0.717) is 0 Å². The molecule has 100 valence electrons. The Morgan fingerprint density at radius 3 is 1.79 bits per heavy atom. The van der Waals surface area contributed by atoms with Crippen molar-refractivity contribution in [3.05, 3.63) is 65.2 Å². The van der Waals surface area contributed by atoms with E-state index in [1.807, 2.05) is 12.1 Å². The van der Waals surface area contributed by atoms with Crippen LogP contribution in [0.5, 0.6) is 0 Å². The van der Waals surface area contributed by atoms with Gasteiger partial charge in [-0.2, -0.15) is 0 Å². The number of nitrogens with zero attached hydrogens (tertiary/aromatic N) is 1. The smallest absolute Gasteiger partial charge is 0.0314 e. The SMILES string of the molecule is CCN(Cc1ccc(C)cc1)Cc1ccc(N)cc1. The third-order valence-electron chi connectivity index (χ3n) is 3.36. The van der Waals surface area contributed by atoms with Crippen LogP contribution >= 0.6 is 0 Å². The van der Waals surface area contributed by atoms with Crippen molar-refractivity contribution < 1.29 is 0 Å². The molecule has 0 aromatic heterocycles. The molecule has 2 heteroatoms. The van der Waals surface area contributed by atoms with Crippen LogP contribution in [0.3, 0.4) is 0 Å². The van der Waals surface area contributed by atoms with Gasteiger partial charge in [-0.1, -0.05) is 48.9 Å². The van der Waals surface area contributed by atoms with E-state index in [-0.39, 0.29) is 0 Å². The number of nitrogens with two attached hydrogens (primary N) is 1. The largest absolute Gasteiger partial charge is 0.399 e. The maximum absolute atomic E-state index is 5.71. The van der Waals surface area contributed by atoms with Gasteiger partial charge in [-0.25, -0.2) is 0 Å². The second-order valence-electron chi connectivity index (χ2n) is 5.03. The van der Waals surface area contributed by atoms with Gasteiger partial charge in [0.2, 0.25) is 0 Å². The third-order valence-corrected chi connectivity index (χ3v) is 3.36. The van der Waals surface area contributed by atoms with Gasteiger partial charge in [0.05, 0.1) is 0 Å². The molecule has 0 spiro atoms. The highest BCUT2D eigenvalue weighted by Gasteiger charge is 2.04. The number of rotatable bonds is 5. The molecule has 19 heavy (non-hydrogen) atoms. The van der Waals surface area contributed by atoms with Crippen LogP contribution in [0.25, 0.3) is 0 Å². The fourth-order valence-corrected chi connectivity index (χ4v) is 2.11. The number of benzene rings is 2. The molecule has 2 nitrogen and oxygen atoms in total. The first kappa shape index (κ1) is 13.6. The fraction of sp³-hybridized carbons (Fsp3) is 0.294. The Kier molecular flexibility index (Phi) is 4.58. The molecule has 0 aliphatic carbocycles. The topological polar surface area (TPSA) is 29.3 Å². The van der Waals surface area contributed by atoms with Crippen molar-refractivity contribution in [1.82, 2.24) is 4.90 Å². The highest BCUT2D eigenvalue weighted by Crippen LogP contribution is 2.12. The van der Waals surface area contributed by atoms with Crippen molar-refractivity contribution in [3.63, 3.8) is 0 Å². The molecule has 0 saturated carbocycles. The van der Waals surface area contributed by atoms with E-state index in [1.165, 1.54) is 16.7 Å². The Bertz CT molecular complexity index is 452. The standard InChI is InChI=1S/C17H22N2/c1-3-19(12-15-6-4-14(2)5-7-15)13-16-8-10-17(18)11-9-16/h4-11H,3,12-13,18H2,1-2H3. The van der Waals surface area contributed by atoms with Gasteiger partial charge in [-0.05, 0) is 36.7 Å². The van der Waals surface area contributed by atoms with Crippen LogP contribution in [-0.2, 0) is 13.1 Å². The number of anilines is 1.